The summed E-state index contributed by atoms with van der Waals surface area (Å²) >= 11 is 0. The maximum atomic E-state index is 11.1. The number of fused-ring (bicyclic) bond motifs is 1. The summed E-state index contributed by atoms with van der Waals surface area (Å²) in [4.78, 5) is 10.7. The van der Waals surface area contributed by atoms with Gasteiger partial charge in [-0.15, -0.1) is 12.4 Å². The van der Waals surface area contributed by atoms with Gasteiger partial charge < -0.3 is 19.5 Å². The fraction of sp³-hybridized carbons (Fsp3) is 0.455. The van der Waals surface area contributed by atoms with Crippen molar-refractivity contribution >= 4 is 18.1 Å². The van der Waals surface area contributed by atoms with E-state index in [9.17, 15) is 10.1 Å². The van der Waals surface area contributed by atoms with Crippen molar-refractivity contribution in [1.82, 2.24) is 5.32 Å². The molecule has 0 aliphatic carbocycles. The normalized spacial score (nSPS) is 20.7. The molecule has 1 N–H and O–H groups in total. The van der Waals surface area contributed by atoms with Crippen LogP contribution in [0.5, 0.6) is 11.5 Å². The molecule has 7 nitrogen and oxygen atoms in total. The third-order valence-electron chi connectivity index (χ3n) is 3.02. The zero-order chi connectivity index (χ0) is 12.5. The van der Waals surface area contributed by atoms with Gasteiger partial charge in [0.1, 0.15) is 0 Å². The number of benzene rings is 1. The maximum absolute atomic E-state index is 11.1. The van der Waals surface area contributed by atoms with E-state index in [2.05, 4.69) is 5.32 Å². The Balaban J connectivity index is 0.00000133. The quantitative estimate of drug-likeness (QED) is 0.654. The third kappa shape index (κ3) is 2.58. The summed E-state index contributed by atoms with van der Waals surface area (Å²) in [7, 11) is 0. The molecule has 0 spiro atoms. The molecule has 19 heavy (non-hydrogen) atoms. The number of nitro groups is 1. The van der Waals surface area contributed by atoms with Crippen LogP contribution in [-0.4, -0.2) is 31.5 Å². The minimum absolute atomic E-state index is 0. The van der Waals surface area contributed by atoms with Gasteiger partial charge in [-0.05, 0) is 6.07 Å². The summed E-state index contributed by atoms with van der Waals surface area (Å²) in [6, 6.07) is 2.88. The van der Waals surface area contributed by atoms with Gasteiger partial charge in [-0.3, -0.25) is 10.1 Å². The molecule has 0 amide bonds. The van der Waals surface area contributed by atoms with E-state index in [4.69, 9.17) is 14.2 Å². The fourth-order valence-corrected chi connectivity index (χ4v) is 2.15. The monoisotopic (exact) mass is 288 g/mol. The van der Waals surface area contributed by atoms with Crippen LogP contribution in [0.4, 0.5) is 5.69 Å². The number of ether oxygens (including phenoxy) is 3. The minimum Gasteiger partial charge on any atom is -0.454 e. The number of nitro benzene ring substituents is 1. The number of halogens is 1. The molecule has 8 heteroatoms. The summed E-state index contributed by atoms with van der Waals surface area (Å²) in [6.07, 6.45) is 0. The molecule has 0 aromatic heterocycles. The Morgan fingerprint density at radius 2 is 2.05 bits per heavy atom. The van der Waals surface area contributed by atoms with Gasteiger partial charge in [0, 0.05) is 6.54 Å². The molecule has 1 fully saturated rings. The Kier molecular flexibility index (Phi) is 4.08. The second-order valence-corrected chi connectivity index (χ2v) is 4.10. The number of hydrogen-bond donors (Lipinski definition) is 1. The molecule has 0 saturated carbocycles. The predicted molar refractivity (Wildman–Crippen MR) is 68.0 cm³/mol. The third-order valence-corrected chi connectivity index (χ3v) is 3.02. The van der Waals surface area contributed by atoms with Crippen LogP contribution in [0, 0.1) is 10.1 Å². The Hall–Kier alpha value is -1.57. The van der Waals surface area contributed by atoms with Gasteiger partial charge in [0.15, 0.2) is 11.5 Å². The van der Waals surface area contributed by atoms with Crippen LogP contribution >= 0.6 is 12.4 Å². The average Bonchev–Trinajstić information content (AvgIpc) is 2.85. The van der Waals surface area contributed by atoms with Crippen molar-refractivity contribution in [2.24, 2.45) is 0 Å². The molecule has 104 valence electrons. The Morgan fingerprint density at radius 1 is 1.32 bits per heavy atom. The van der Waals surface area contributed by atoms with Crippen LogP contribution in [0.15, 0.2) is 12.1 Å². The summed E-state index contributed by atoms with van der Waals surface area (Å²) in [5.41, 5.74) is 0.603. The number of nitrogens with one attached hydrogen (secondary N) is 1. The molecular weight excluding hydrogens is 276 g/mol. The molecule has 2 aliphatic rings. The highest BCUT2D eigenvalue weighted by atomic mass is 35.5. The van der Waals surface area contributed by atoms with E-state index in [-0.39, 0.29) is 30.9 Å². The standard InChI is InChI=1S/C11H12N2O5.ClH/c14-13(15)9-4-11-10(17-6-18-11)3-7(9)8-5-16-2-1-12-8;/h3-4,8,12H,1-2,5-6H2;1H/t8-;/m1./s1. The van der Waals surface area contributed by atoms with Crippen molar-refractivity contribution in [1.29, 1.82) is 0 Å². The molecule has 0 unspecified atom stereocenters. The van der Waals surface area contributed by atoms with Crippen molar-refractivity contribution in [2.75, 3.05) is 26.6 Å². The summed E-state index contributed by atoms with van der Waals surface area (Å²) in [5, 5.41) is 14.3. The highest BCUT2D eigenvalue weighted by Gasteiger charge is 2.29. The van der Waals surface area contributed by atoms with E-state index in [0.717, 1.165) is 0 Å². The minimum atomic E-state index is -0.409. The average molecular weight is 289 g/mol. The molecule has 1 saturated heterocycles. The largest absolute Gasteiger partial charge is 0.454 e. The van der Waals surface area contributed by atoms with E-state index >= 15 is 0 Å². The molecule has 0 radical (unpaired) electrons. The summed E-state index contributed by atoms with van der Waals surface area (Å²) < 4.78 is 15.7. The molecule has 1 aromatic carbocycles. The second kappa shape index (κ2) is 5.60. The first kappa shape index (κ1) is 13.9. The number of rotatable bonds is 2. The second-order valence-electron chi connectivity index (χ2n) is 4.10. The highest BCUT2D eigenvalue weighted by Crippen LogP contribution is 2.40. The lowest BCUT2D eigenvalue weighted by molar-refractivity contribution is -0.385. The molecule has 1 atom stereocenters. The van der Waals surface area contributed by atoms with Gasteiger partial charge in [0.2, 0.25) is 6.79 Å². The fourth-order valence-electron chi connectivity index (χ4n) is 2.15. The number of nitrogens with zero attached hydrogens (tertiary/aromatic N) is 1. The molecular formula is C11H13ClN2O5. The Morgan fingerprint density at radius 3 is 2.68 bits per heavy atom. The lowest BCUT2D eigenvalue weighted by Gasteiger charge is -2.24. The topological polar surface area (TPSA) is 82.9 Å². The molecule has 3 rings (SSSR count). The van der Waals surface area contributed by atoms with Crippen molar-refractivity contribution in [2.45, 2.75) is 6.04 Å². The van der Waals surface area contributed by atoms with Crippen molar-refractivity contribution < 1.29 is 19.1 Å². The van der Waals surface area contributed by atoms with Crippen LogP contribution in [-0.2, 0) is 4.74 Å². The van der Waals surface area contributed by atoms with Crippen LogP contribution in [0.25, 0.3) is 0 Å². The predicted octanol–water partition coefficient (Wildman–Crippen LogP) is 1.41. The smallest absolute Gasteiger partial charge is 0.278 e. The van der Waals surface area contributed by atoms with Gasteiger partial charge in [-0.1, -0.05) is 0 Å². The van der Waals surface area contributed by atoms with Crippen LogP contribution in [0.1, 0.15) is 11.6 Å². The lowest BCUT2D eigenvalue weighted by atomic mass is 10.0. The first-order chi connectivity index (χ1) is 8.75. The van der Waals surface area contributed by atoms with Gasteiger partial charge >= 0.3 is 0 Å². The van der Waals surface area contributed by atoms with E-state index in [0.29, 0.717) is 36.8 Å². The zero-order valence-corrected chi connectivity index (χ0v) is 10.8. The van der Waals surface area contributed by atoms with Crippen molar-refractivity contribution in [3.8, 4) is 11.5 Å². The van der Waals surface area contributed by atoms with Crippen molar-refractivity contribution in [3.63, 3.8) is 0 Å². The van der Waals surface area contributed by atoms with Gasteiger partial charge in [-0.2, -0.15) is 0 Å². The van der Waals surface area contributed by atoms with Gasteiger partial charge in [0.25, 0.3) is 5.69 Å². The Labute approximate surface area is 115 Å². The first-order valence-electron chi connectivity index (χ1n) is 5.65. The van der Waals surface area contributed by atoms with E-state index in [1.807, 2.05) is 0 Å². The van der Waals surface area contributed by atoms with E-state index < -0.39 is 4.92 Å². The molecule has 1 aromatic rings. The SMILES string of the molecule is Cl.O=[N+]([O-])c1cc2c(cc1[C@H]1COCCN1)OCO2. The van der Waals surface area contributed by atoms with Gasteiger partial charge in [0.05, 0.1) is 35.8 Å². The van der Waals surface area contributed by atoms with Crippen LogP contribution in [0.3, 0.4) is 0 Å². The number of morpholine rings is 1. The van der Waals surface area contributed by atoms with Crippen LogP contribution < -0.4 is 14.8 Å². The van der Waals surface area contributed by atoms with Gasteiger partial charge in [-0.25, -0.2) is 0 Å². The maximum Gasteiger partial charge on any atom is 0.278 e. The van der Waals surface area contributed by atoms with Crippen LogP contribution in [0.2, 0.25) is 0 Å². The van der Waals surface area contributed by atoms with E-state index in [1.165, 1.54) is 6.07 Å². The lowest BCUT2D eigenvalue weighted by Crippen LogP contribution is -2.34. The van der Waals surface area contributed by atoms with E-state index in [1.54, 1.807) is 6.07 Å². The molecule has 0 bridgehead atoms. The van der Waals surface area contributed by atoms with Crippen molar-refractivity contribution in [3.05, 3.63) is 27.8 Å². The summed E-state index contributed by atoms with van der Waals surface area (Å²) in [6.45, 7) is 1.82. The Bertz CT molecular complexity index is 490. The molecule has 2 aliphatic heterocycles. The zero-order valence-electron chi connectivity index (χ0n) is 9.96. The first-order valence-corrected chi connectivity index (χ1v) is 5.65. The summed E-state index contributed by atoms with van der Waals surface area (Å²) in [5.74, 6) is 0.963. The molecule has 2 heterocycles. The number of hydrogen-bond acceptors (Lipinski definition) is 6. The highest BCUT2D eigenvalue weighted by molar-refractivity contribution is 5.85.